The minimum atomic E-state index is 0.369. The van der Waals surface area contributed by atoms with Gasteiger partial charge in [-0.15, -0.1) is 11.3 Å². The lowest BCUT2D eigenvalue weighted by Crippen LogP contribution is -2.51. The fourth-order valence-corrected chi connectivity index (χ4v) is 4.50. The molecular formula is C14H24BrN3S. The Morgan fingerprint density at radius 2 is 1.95 bits per heavy atom. The van der Waals surface area contributed by atoms with E-state index < -0.39 is 0 Å². The van der Waals surface area contributed by atoms with E-state index in [1.165, 1.54) is 15.8 Å². The van der Waals surface area contributed by atoms with Crippen LogP contribution in [0.2, 0.25) is 0 Å². The molecule has 2 heterocycles. The molecule has 19 heavy (non-hydrogen) atoms. The molecule has 0 bridgehead atoms. The van der Waals surface area contributed by atoms with E-state index in [4.69, 9.17) is 5.73 Å². The Hall–Kier alpha value is 0.0600. The quantitative estimate of drug-likeness (QED) is 0.890. The second-order valence-electron chi connectivity index (χ2n) is 5.21. The molecule has 2 atom stereocenters. The summed E-state index contributed by atoms with van der Waals surface area (Å²) in [5.74, 6) is 0. The number of nitrogens with two attached hydrogens (primary N) is 1. The smallest absolute Gasteiger partial charge is 0.0576 e. The van der Waals surface area contributed by atoms with Gasteiger partial charge in [0.25, 0.3) is 0 Å². The van der Waals surface area contributed by atoms with Crippen LogP contribution in [0.5, 0.6) is 0 Å². The first-order valence-corrected chi connectivity index (χ1v) is 8.75. The molecule has 0 aliphatic carbocycles. The van der Waals surface area contributed by atoms with Crippen molar-refractivity contribution in [2.45, 2.75) is 32.4 Å². The number of piperazine rings is 1. The van der Waals surface area contributed by atoms with Crippen LogP contribution in [-0.2, 0) is 0 Å². The lowest BCUT2D eigenvalue weighted by Gasteiger charge is -2.41. The van der Waals surface area contributed by atoms with E-state index in [9.17, 15) is 0 Å². The van der Waals surface area contributed by atoms with Crippen molar-refractivity contribution in [1.82, 2.24) is 9.80 Å². The molecule has 1 saturated heterocycles. The molecule has 0 aromatic carbocycles. The van der Waals surface area contributed by atoms with E-state index in [0.29, 0.717) is 18.6 Å². The molecule has 2 rings (SSSR count). The Morgan fingerprint density at radius 1 is 1.32 bits per heavy atom. The van der Waals surface area contributed by atoms with Crippen LogP contribution in [-0.4, -0.2) is 48.6 Å². The fourth-order valence-electron chi connectivity index (χ4n) is 2.71. The van der Waals surface area contributed by atoms with Crippen LogP contribution in [0.15, 0.2) is 15.9 Å². The lowest BCUT2D eigenvalue weighted by atomic mass is 10.1. The van der Waals surface area contributed by atoms with Crippen LogP contribution < -0.4 is 5.73 Å². The van der Waals surface area contributed by atoms with Crippen LogP contribution in [0.25, 0.3) is 0 Å². The molecule has 0 spiro atoms. The zero-order chi connectivity index (χ0) is 13.8. The normalized spacial score (nSPS) is 21.5. The van der Waals surface area contributed by atoms with E-state index in [1.54, 1.807) is 11.3 Å². The van der Waals surface area contributed by atoms with Gasteiger partial charge >= 0.3 is 0 Å². The molecule has 0 radical (unpaired) electrons. The number of nitrogens with zero attached hydrogens (tertiary/aromatic N) is 2. The molecule has 108 valence electrons. The highest BCUT2D eigenvalue weighted by Crippen LogP contribution is 2.32. The van der Waals surface area contributed by atoms with Crippen molar-refractivity contribution in [3.63, 3.8) is 0 Å². The van der Waals surface area contributed by atoms with Crippen LogP contribution in [0, 0.1) is 0 Å². The maximum atomic E-state index is 6.01. The van der Waals surface area contributed by atoms with Crippen LogP contribution in [0.3, 0.4) is 0 Å². The van der Waals surface area contributed by atoms with Gasteiger partial charge in [0.1, 0.15) is 0 Å². The summed E-state index contributed by atoms with van der Waals surface area (Å²) in [5, 5.41) is 2.14. The number of halogens is 1. The van der Waals surface area contributed by atoms with Gasteiger partial charge in [0.05, 0.1) is 6.04 Å². The van der Waals surface area contributed by atoms with Crippen molar-refractivity contribution in [3.05, 3.63) is 20.8 Å². The summed E-state index contributed by atoms with van der Waals surface area (Å²) >= 11 is 5.44. The Balaban J connectivity index is 1.98. The van der Waals surface area contributed by atoms with Gasteiger partial charge in [0.15, 0.2) is 0 Å². The zero-order valence-corrected chi connectivity index (χ0v) is 14.2. The highest BCUT2D eigenvalue weighted by Gasteiger charge is 2.27. The van der Waals surface area contributed by atoms with Gasteiger partial charge in [-0.2, -0.15) is 0 Å². The van der Waals surface area contributed by atoms with Gasteiger partial charge in [0.2, 0.25) is 0 Å². The van der Waals surface area contributed by atoms with Gasteiger partial charge < -0.3 is 5.73 Å². The summed E-state index contributed by atoms with van der Waals surface area (Å²) in [6, 6.07) is 3.19. The van der Waals surface area contributed by atoms with Crippen molar-refractivity contribution in [2.24, 2.45) is 5.73 Å². The summed E-state index contributed by atoms with van der Waals surface area (Å²) < 4.78 is 1.21. The summed E-state index contributed by atoms with van der Waals surface area (Å²) in [5.41, 5.74) is 6.01. The van der Waals surface area contributed by atoms with E-state index in [1.807, 2.05) is 0 Å². The topological polar surface area (TPSA) is 32.5 Å². The van der Waals surface area contributed by atoms with Crippen molar-refractivity contribution in [1.29, 1.82) is 0 Å². The van der Waals surface area contributed by atoms with E-state index in [-0.39, 0.29) is 0 Å². The molecule has 1 aliphatic heterocycles. The molecule has 2 unspecified atom stereocenters. The molecular weight excluding hydrogens is 322 g/mol. The summed E-state index contributed by atoms with van der Waals surface area (Å²) in [6.07, 6.45) is 1.23. The minimum Gasteiger partial charge on any atom is -0.329 e. The van der Waals surface area contributed by atoms with Gasteiger partial charge in [0, 0.05) is 48.1 Å². The zero-order valence-electron chi connectivity index (χ0n) is 11.8. The summed E-state index contributed by atoms with van der Waals surface area (Å²) in [6.45, 7) is 9.85. The predicted octanol–water partition coefficient (Wildman–Crippen LogP) is 2.93. The SMILES string of the molecule is CCC(C)N1CCN(C(CN)c2sccc2Br)CC1. The van der Waals surface area contributed by atoms with E-state index in [2.05, 4.69) is 51.0 Å². The molecule has 0 amide bonds. The van der Waals surface area contributed by atoms with Crippen molar-refractivity contribution in [3.8, 4) is 0 Å². The van der Waals surface area contributed by atoms with E-state index >= 15 is 0 Å². The first-order chi connectivity index (χ1) is 9.17. The third-order valence-corrected chi connectivity index (χ3v) is 6.15. The number of rotatable bonds is 5. The third kappa shape index (κ3) is 3.58. The fraction of sp³-hybridized carbons (Fsp3) is 0.714. The van der Waals surface area contributed by atoms with Gasteiger partial charge in [-0.1, -0.05) is 6.92 Å². The molecule has 1 aliphatic rings. The predicted molar refractivity (Wildman–Crippen MR) is 86.7 cm³/mol. The number of thiophene rings is 1. The standard InChI is InChI=1S/C14H24BrN3S/c1-3-11(2)17-5-7-18(8-6-17)13(10-16)14-12(15)4-9-19-14/h4,9,11,13H,3,5-8,10,16H2,1-2H3. The van der Waals surface area contributed by atoms with Crippen molar-refractivity contribution in [2.75, 3.05) is 32.7 Å². The Morgan fingerprint density at radius 3 is 2.42 bits per heavy atom. The lowest BCUT2D eigenvalue weighted by molar-refractivity contribution is 0.0752. The number of hydrogen-bond donors (Lipinski definition) is 1. The molecule has 5 heteroatoms. The molecule has 1 aromatic rings. The molecule has 3 nitrogen and oxygen atoms in total. The van der Waals surface area contributed by atoms with Crippen molar-refractivity contribution < 1.29 is 0 Å². The average molecular weight is 346 g/mol. The maximum absolute atomic E-state index is 6.01. The maximum Gasteiger partial charge on any atom is 0.0576 e. The number of hydrogen-bond acceptors (Lipinski definition) is 4. The first kappa shape index (κ1) is 15.4. The molecule has 1 aromatic heterocycles. The van der Waals surface area contributed by atoms with Crippen LogP contribution in [0.1, 0.15) is 31.2 Å². The Kier molecular flexibility index (Phi) is 5.84. The minimum absolute atomic E-state index is 0.369. The van der Waals surface area contributed by atoms with E-state index in [0.717, 1.165) is 26.2 Å². The van der Waals surface area contributed by atoms with Crippen LogP contribution >= 0.6 is 27.3 Å². The largest absolute Gasteiger partial charge is 0.329 e. The van der Waals surface area contributed by atoms with Gasteiger partial charge in [-0.3, -0.25) is 9.80 Å². The monoisotopic (exact) mass is 345 g/mol. The Bertz CT molecular complexity index is 388. The summed E-state index contributed by atoms with van der Waals surface area (Å²) in [7, 11) is 0. The summed E-state index contributed by atoms with van der Waals surface area (Å²) in [4.78, 5) is 6.50. The molecule has 1 fully saturated rings. The van der Waals surface area contributed by atoms with Crippen LogP contribution in [0.4, 0.5) is 0 Å². The second kappa shape index (κ2) is 7.18. The average Bonchev–Trinajstić information content (AvgIpc) is 2.86. The second-order valence-corrected chi connectivity index (χ2v) is 7.02. The van der Waals surface area contributed by atoms with Crippen molar-refractivity contribution >= 4 is 27.3 Å². The third-order valence-electron chi connectivity index (χ3n) is 4.17. The highest BCUT2D eigenvalue weighted by molar-refractivity contribution is 9.10. The van der Waals surface area contributed by atoms with Gasteiger partial charge in [-0.25, -0.2) is 0 Å². The first-order valence-electron chi connectivity index (χ1n) is 7.08. The van der Waals surface area contributed by atoms with Gasteiger partial charge in [-0.05, 0) is 40.7 Å². The molecule has 2 N–H and O–H groups in total. The highest BCUT2D eigenvalue weighted by atomic mass is 79.9. The Labute approximate surface area is 128 Å². The molecule has 0 saturated carbocycles.